The molecule has 1 aromatic heterocycles. The number of β-amino-alcohol motifs (C(OH)–C–C–N with tert-alkyl or cyclic N) is 1. The van der Waals surface area contributed by atoms with Crippen molar-refractivity contribution < 1.29 is 5.11 Å². The van der Waals surface area contributed by atoms with Crippen molar-refractivity contribution in [1.82, 2.24) is 14.9 Å². The third-order valence-corrected chi connectivity index (χ3v) is 3.41. The normalized spacial score (nSPS) is 21.7. The monoisotopic (exact) mass is 264 g/mol. The first-order valence-corrected chi connectivity index (χ1v) is 6.85. The van der Waals surface area contributed by atoms with E-state index in [1.165, 1.54) is 0 Å². The largest absolute Gasteiger partial charge is 0.389 e. The lowest BCUT2D eigenvalue weighted by Gasteiger charge is -2.42. The Morgan fingerprint density at radius 3 is 2.68 bits per heavy atom. The summed E-state index contributed by atoms with van der Waals surface area (Å²) in [7, 11) is 0. The molecule has 1 N–H and O–H groups in total. The molecule has 0 aliphatic carbocycles. The van der Waals surface area contributed by atoms with Crippen molar-refractivity contribution in [3.05, 3.63) is 18.1 Å². The Bertz CT molecular complexity index is 430. The molecule has 1 aliphatic heterocycles. The highest BCUT2D eigenvalue weighted by Gasteiger charge is 2.27. The maximum absolute atomic E-state index is 9.90. The quantitative estimate of drug-likeness (QED) is 0.885. The van der Waals surface area contributed by atoms with Crippen molar-refractivity contribution in [3.63, 3.8) is 0 Å². The zero-order chi connectivity index (χ0) is 14.0. The Labute approximate surface area is 115 Å². The van der Waals surface area contributed by atoms with Crippen LogP contribution in [0.5, 0.6) is 0 Å². The summed E-state index contributed by atoms with van der Waals surface area (Å²) in [6, 6.07) is 2.42. The Balaban J connectivity index is 2.01. The SMILES string of the molecule is Cc1cc(N2CCN(CC(C)(C)O)CC2C)ncn1. The Kier molecular flexibility index (Phi) is 4.06. The first-order valence-electron chi connectivity index (χ1n) is 6.85. The summed E-state index contributed by atoms with van der Waals surface area (Å²) in [6.45, 7) is 11.5. The van der Waals surface area contributed by atoms with Crippen molar-refractivity contribution in [2.75, 3.05) is 31.1 Å². The number of hydrogen-bond donors (Lipinski definition) is 1. The van der Waals surface area contributed by atoms with E-state index in [0.29, 0.717) is 12.6 Å². The van der Waals surface area contributed by atoms with Crippen LogP contribution >= 0.6 is 0 Å². The average molecular weight is 264 g/mol. The molecule has 0 aromatic carbocycles. The zero-order valence-electron chi connectivity index (χ0n) is 12.3. The Morgan fingerprint density at radius 2 is 2.11 bits per heavy atom. The molecule has 2 rings (SSSR count). The van der Waals surface area contributed by atoms with Crippen LogP contribution < -0.4 is 4.90 Å². The minimum absolute atomic E-state index is 0.394. The van der Waals surface area contributed by atoms with E-state index in [-0.39, 0.29) is 0 Å². The van der Waals surface area contributed by atoms with E-state index in [0.717, 1.165) is 31.1 Å². The first kappa shape index (κ1) is 14.2. The number of piperazine rings is 1. The standard InChI is InChI=1S/C14H24N4O/c1-11-7-13(16-10-15-11)18-6-5-17(8-12(18)2)9-14(3,4)19/h7,10,12,19H,5-6,8-9H2,1-4H3. The molecule has 0 saturated carbocycles. The summed E-state index contributed by atoms with van der Waals surface area (Å²) >= 11 is 0. The van der Waals surface area contributed by atoms with Gasteiger partial charge in [0.15, 0.2) is 0 Å². The van der Waals surface area contributed by atoms with Gasteiger partial charge in [-0.1, -0.05) is 0 Å². The van der Waals surface area contributed by atoms with E-state index >= 15 is 0 Å². The van der Waals surface area contributed by atoms with Crippen LogP contribution in [0, 0.1) is 6.92 Å². The second-order valence-corrected chi connectivity index (χ2v) is 6.11. The maximum atomic E-state index is 9.90. The van der Waals surface area contributed by atoms with Crippen molar-refractivity contribution in [3.8, 4) is 0 Å². The van der Waals surface area contributed by atoms with Crippen molar-refractivity contribution in [2.24, 2.45) is 0 Å². The van der Waals surface area contributed by atoms with Gasteiger partial charge in [0, 0.05) is 44.0 Å². The van der Waals surface area contributed by atoms with Gasteiger partial charge in [-0.3, -0.25) is 4.90 Å². The molecule has 1 fully saturated rings. The molecule has 5 nitrogen and oxygen atoms in total. The molecule has 0 amide bonds. The number of aryl methyl sites for hydroxylation is 1. The van der Waals surface area contributed by atoms with Gasteiger partial charge in [-0.2, -0.15) is 0 Å². The topological polar surface area (TPSA) is 52.5 Å². The molecule has 1 aromatic rings. The molecule has 106 valence electrons. The molecular weight excluding hydrogens is 240 g/mol. The van der Waals surface area contributed by atoms with Crippen LogP contribution in [0.2, 0.25) is 0 Å². The first-order chi connectivity index (χ1) is 8.85. The number of hydrogen-bond acceptors (Lipinski definition) is 5. The highest BCUT2D eigenvalue weighted by molar-refractivity contribution is 5.40. The highest BCUT2D eigenvalue weighted by Crippen LogP contribution is 2.19. The summed E-state index contributed by atoms with van der Waals surface area (Å²) in [6.07, 6.45) is 1.63. The molecule has 1 unspecified atom stereocenters. The minimum Gasteiger partial charge on any atom is -0.389 e. The highest BCUT2D eigenvalue weighted by atomic mass is 16.3. The van der Waals surface area contributed by atoms with E-state index in [9.17, 15) is 5.11 Å². The summed E-state index contributed by atoms with van der Waals surface area (Å²) in [5.74, 6) is 1.00. The molecular formula is C14H24N4O. The number of anilines is 1. The van der Waals surface area contributed by atoms with Crippen LogP contribution in [0.3, 0.4) is 0 Å². The van der Waals surface area contributed by atoms with Gasteiger partial charge in [0.1, 0.15) is 12.1 Å². The van der Waals surface area contributed by atoms with Crippen LogP contribution in [-0.2, 0) is 0 Å². The lowest BCUT2D eigenvalue weighted by Crippen LogP contribution is -2.55. The van der Waals surface area contributed by atoms with Crippen molar-refractivity contribution in [2.45, 2.75) is 39.3 Å². The van der Waals surface area contributed by atoms with Gasteiger partial charge < -0.3 is 10.0 Å². The molecule has 0 radical (unpaired) electrons. The number of rotatable bonds is 3. The molecule has 1 atom stereocenters. The van der Waals surface area contributed by atoms with Gasteiger partial charge >= 0.3 is 0 Å². The predicted molar refractivity (Wildman–Crippen MR) is 76.3 cm³/mol. The fourth-order valence-corrected chi connectivity index (χ4v) is 2.66. The molecule has 2 heterocycles. The van der Waals surface area contributed by atoms with Gasteiger partial charge in [0.25, 0.3) is 0 Å². The lowest BCUT2D eigenvalue weighted by molar-refractivity contribution is 0.0307. The number of aliphatic hydroxyl groups is 1. The molecule has 0 bridgehead atoms. The van der Waals surface area contributed by atoms with E-state index in [2.05, 4.69) is 26.7 Å². The van der Waals surface area contributed by atoms with Crippen molar-refractivity contribution >= 4 is 5.82 Å². The van der Waals surface area contributed by atoms with Crippen LogP contribution in [0.15, 0.2) is 12.4 Å². The summed E-state index contributed by atoms with van der Waals surface area (Å²) in [4.78, 5) is 13.1. The van der Waals surface area contributed by atoms with E-state index in [4.69, 9.17) is 0 Å². The smallest absolute Gasteiger partial charge is 0.132 e. The van der Waals surface area contributed by atoms with Gasteiger partial charge in [-0.15, -0.1) is 0 Å². The third-order valence-electron chi connectivity index (χ3n) is 3.41. The number of aromatic nitrogens is 2. The molecule has 1 saturated heterocycles. The second kappa shape index (κ2) is 5.43. The van der Waals surface area contributed by atoms with E-state index in [1.807, 2.05) is 26.8 Å². The Morgan fingerprint density at radius 1 is 1.37 bits per heavy atom. The van der Waals surface area contributed by atoms with Crippen LogP contribution in [0.25, 0.3) is 0 Å². The number of nitrogens with zero attached hydrogens (tertiary/aromatic N) is 4. The van der Waals surface area contributed by atoms with Gasteiger partial charge in [0.2, 0.25) is 0 Å². The van der Waals surface area contributed by atoms with Crippen molar-refractivity contribution in [1.29, 1.82) is 0 Å². The second-order valence-electron chi connectivity index (χ2n) is 6.11. The third kappa shape index (κ3) is 3.88. The van der Waals surface area contributed by atoms with Crippen LogP contribution in [0.1, 0.15) is 26.5 Å². The van der Waals surface area contributed by atoms with Crippen LogP contribution in [0.4, 0.5) is 5.82 Å². The van der Waals surface area contributed by atoms with E-state index < -0.39 is 5.60 Å². The zero-order valence-corrected chi connectivity index (χ0v) is 12.3. The average Bonchev–Trinajstić information content (AvgIpc) is 2.26. The summed E-state index contributed by atoms with van der Waals surface area (Å²) in [5, 5.41) is 9.90. The van der Waals surface area contributed by atoms with Crippen LogP contribution in [-0.4, -0.2) is 57.8 Å². The minimum atomic E-state index is -0.632. The summed E-state index contributed by atoms with van der Waals surface area (Å²) < 4.78 is 0. The predicted octanol–water partition coefficient (Wildman–Crippen LogP) is 1.07. The molecule has 0 spiro atoms. The lowest BCUT2D eigenvalue weighted by atomic mass is 10.1. The molecule has 1 aliphatic rings. The Hall–Kier alpha value is -1.20. The van der Waals surface area contributed by atoms with Gasteiger partial charge in [0.05, 0.1) is 5.60 Å². The van der Waals surface area contributed by atoms with Gasteiger partial charge in [-0.25, -0.2) is 9.97 Å². The summed E-state index contributed by atoms with van der Waals surface area (Å²) in [5.41, 5.74) is 0.365. The van der Waals surface area contributed by atoms with Gasteiger partial charge in [-0.05, 0) is 27.7 Å². The molecule has 5 heteroatoms. The fraction of sp³-hybridized carbons (Fsp3) is 0.714. The fourth-order valence-electron chi connectivity index (χ4n) is 2.66. The molecule has 19 heavy (non-hydrogen) atoms. The van der Waals surface area contributed by atoms with E-state index in [1.54, 1.807) is 6.33 Å². The maximum Gasteiger partial charge on any atom is 0.132 e.